The van der Waals surface area contributed by atoms with Crippen LogP contribution in [0.1, 0.15) is 19.3 Å². The molecule has 0 radical (unpaired) electrons. The largest absolute Gasteiger partial charge is 0.454 e. The highest BCUT2D eigenvalue weighted by Crippen LogP contribution is 2.52. The average molecular weight is 889 g/mol. The van der Waals surface area contributed by atoms with Gasteiger partial charge in [0.15, 0.2) is 5.58 Å². The number of furan rings is 1. The molecule has 318 valence electrons. The second-order valence-electron chi connectivity index (χ2n) is 17.0. The number of benzene rings is 10. The van der Waals surface area contributed by atoms with E-state index in [1.54, 1.807) is 0 Å². The van der Waals surface area contributed by atoms with Gasteiger partial charge < -0.3 is 22.7 Å². The van der Waals surface area contributed by atoms with Crippen LogP contribution in [-0.4, -0.2) is 18.3 Å². The highest BCUT2D eigenvalue weighted by molar-refractivity contribution is 6.23. The molecule has 5 aromatic heterocycles. The van der Waals surface area contributed by atoms with Crippen LogP contribution in [0.25, 0.3) is 137 Å². The van der Waals surface area contributed by atoms with Crippen LogP contribution in [0.15, 0.2) is 210 Å². The van der Waals surface area contributed by atoms with Crippen LogP contribution in [0.4, 0.5) is 5.69 Å². The monoisotopic (exact) mass is 888 g/mol. The molecule has 5 heterocycles. The lowest BCUT2D eigenvalue weighted by Crippen LogP contribution is -2.14. The predicted octanol–water partition coefficient (Wildman–Crippen LogP) is 16.4. The van der Waals surface area contributed by atoms with Crippen molar-refractivity contribution < 1.29 is 18.1 Å². The van der Waals surface area contributed by atoms with Gasteiger partial charge in [-0.25, -0.2) is 4.85 Å². The molecule has 7 heteroatoms. The van der Waals surface area contributed by atoms with Crippen molar-refractivity contribution in [3.63, 3.8) is 0 Å². The smallest absolute Gasteiger partial charge is 0.237 e. The first-order chi connectivity index (χ1) is 38.4. The Morgan fingerprint density at radius 3 is 1.32 bits per heavy atom. The summed E-state index contributed by atoms with van der Waals surface area (Å²) in [5.41, 5.74) is 3.65. The Balaban J connectivity index is 1.35. The number of fused-ring (bicyclic) bond motifs is 16. The molecule has 0 unspecified atom stereocenters. The van der Waals surface area contributed by atoms with Crippen LogP contribution >= 0.6 is 0 Å². The van der Waals surface area contributed by atoms with Crippen LogP contribution in [0, 0.1) is 17.9 Å². The zero-order chi connectivity index (χ0) is 54.2. The number of hydrogen-bond donors (Lipinski definition) is 0. The normalized spacial score (nSPS) is 14.1. The van der Waals surface area contributed by atoms with Crippen LogP contribution in [0.5, 0.6) is 0 Å². The molecule has 0 N–H and O–H groups in total. The van der Waals surface area contributed by atoms with E-state index in [1.165, 1.54) is 4.57 Å². The second kappa shape index (κ2) is 13.9. The number of nitriles is 1. The van der Waals surface area contributed by atoms with Gasteiger partial charge in [0.1, 0.15) is 11.7 Å². The molecule has 0 aliphatic rings. The Morgan fingerprint density at radius 2 is 0.826 bits per heavy atom. The van der Waals surface area contributed by atoms with E-state index in [-0.39, 0.29) is 77.7 Å². The van der Waals surface area contributed by atoms with Gasteiger partial charge in [0.25, 0.3) is 0 Å². The zero-order valence-corrected chi connectivity index (χ0v) is 35.9. The average Bonchev–Trinajstić information content (AvgIpc) is 4.12. The van der Waals surface area contributed by atoms with E-state index in [4.69, 9.17) is 9.90 Å². The third-order valence-electron chi connectivity index (χ3n) is 13.7. The van der Waals surface area contributed by atoms with E-state index in [9.17, 15) is 20.1 Å². The third-order valence-corrected chi connectivity index (χ3v) is 13.7. The van der Waals surface area contributed by atoms with Crippen molar-refractivity contribution in [1.29, 1.82) is 5.26 Å². The summed E-state index contributed by atoms with van der Waals surface area (Å²) in [5.74, 6) is 0. The number of aromatic nitrogens is 4. The maximum atomic E-state index is 12.5. The Kier molecular flexibility index (Phi) is 5.81. The fourth-order valence-corrected chi connectivity index (χ4v) is 11.0. The first kappa shape index (κ1) is 29.0. The summed E-state index contributed by atoms with van der Waals surface area (Å²) < 4.78 is 108. The molecule has 0 atom stereocenters. The highest BCUT2D eigenvalue weighted by Gasteiger charge is 2.35. The Labute approximate surface area is 407 Å². The molecule has 0 fully saturated rings. The van der Waals surface area contributed by atoms with Crippen LogP contribution in [0.2, 0.25) is 0 Å². The van der Waals surface area contributed by atoms with Gasteiger partial charge in [-0.3, -0.25) is 0 Å². The van der Waals surface area contributed by atoms with Crippen molar-refractivity contribution in [3.05, 3.63) is 223 Å². The maximum Gasteiger partial charge on any atom is 0.237 e. The molecule has 0 saturated carbocycles. The summed E-state index contributed by atoms with van der Waals surface area (Å²) in [4.78, 5) is 4.54. The molecule has 0 aliphatic carbocycles. The highest BCUT2D eigenvalue weighted by atomic mass is 16.3. The molecule has 69 heavy (non-hydrogen) atoms. The van der Waals surface area contributed by atoms with Crippen molar-refractivity contribution in [2.75, 3.05) is 0 Å². The lowest BCUT2D eigenvalue weighted by molar-refractivity contribution is 0.671. The molecule has 0 amide bonds. The van der Waals surface area contributed by atoms with Crippen molar-refractivity contribution >= 4 is 115 Å². The molecule has 7 nitrogen and oxygen atoms in total. The molecular weight excluding hydrogens is 845 g/mol. The van der Waals surface area contributed by atoms with Crippen LogP contribution < -0.4 is 0 Å². The van der Waals surface area contributed by atoms with Gasteiger partial charge in [0, 0.05) is 53.9 Å². The van der Waals surface area contributed by atoms with E-state index in [1.807, 2.05) is 159 Å². The van der Waals surface area contributed by atoms with Crippen molar-refractivity contribution in [2.45, 2.75) is 0 Å². The minimum Gasteiger partial charge on any atom is -0.454 e. The van der Waals surface area contributed by atoms with Crippen molar-refractivity contribution in [2.24, 2.45) is 0 Å². The van der Waals surface area contributed by atoms with Gasteiger partial charge in [-0.2, -0.15) is 5.26 Å². The number of nitrogens with zero attached hydrogens (tertiary/aromatic N) is 6. The fraction of sp³-hybridized carbons (Fsp3) is 0. The number of hydrogen-bond acceptors (Lipinski definition) is 2. The standard InChI is InChI=1S/C62H34N6O/c1-64-56-57(65-48-26-10-2-18-37(48)38-19-3-11-27-49(38)65)47(36-63)58(66-50-28-12-4-20-39(50)40-21-5-13-29-51(40)66)61(60(56)67-52-30-14-6-22-41(52)42-23-7-15-31-53(42)67)68-54-32-16-8-24-43(54)45-34-35-46-44-25-9-17-33-55(44)69-62(46)59(45)68/h2-35H/i8D,9D,16D,17D,24D,25D,32D,33D,34D,35D. The van der Waals surface area contributed by atoms with Gasteiger partial charge in [-0.15, -0.1) is 0 Å². The summed E-state index contributed by atoms with van der Waals surface area (Å²) in [5, 5.41) is 16.8. The predicted molar refractivity (Wildman–Crippen MR) is 282 cm³/mol. The second-order valence-corrected chi connectivity index (χ2v) is 17.0. The van der Waals surface area contributed by atoms with Gasteiger partial charge in [-0.1, -0.05) is 151 Å². The van der Waals surface area contributed by atoms with Crippen LogP contribution in [0.3, 0.4) is 0 Å². The van der Waals surface area contributed by atoms with E-state index < -0.39 is 60.4 Å². The van der Waals surface area contributed by atoms with E-state index in [0.29, 0.717) is 33.1 Å². The molecule has 0 aliphatic heterocycles. The number of para-hydroxylation sites is 8. The topological polar surface area (TPSA) is 61.0 Å². The molecule has 15 aromatic rings. The summed E-state index contributed by atoms with van der Waals surface area (Å²) in [6, 6.07) is 43.3. The first-order valence-corrected chi connectivity index (χ1v) is 22.2. The van der Waals surface area contributed by atoms with Gasteiger partial charge >= 0.3 is 0 Å². The molecule has 15 rings (SSSR count). The maximum absolute atomic E-state index is 12.5. The minimum absolute atomic E-state index is 0.0111. The van der Waals surface area contributed by atoms with Gasteiger partial charge in [0.2, 0.25) is 5.69 Å². The third kappa shape index (κ3) is 4.82. The molecule has 10 aromatic carbocycles. The van der Waals surface area contributed by atoms with Gasteiger partial charge in [0.05, 0.1) is 92.7 Å². The van der Waals surface area contributed by atoms with Gasteiger partial charge in [-0.05, 0) is 54.5 Å². The number of rotatable bonds is 4. The fourth-order valence-electron chi connectivity index (χ4n) is 11.0. The minimum atomic E-state index is -0.635. The van der Waals surface area contributed by atoms with Crippen molar-refractivity contribution in [3.8, 4) is 28.8 Å². The molecule has 0 spiro atoms. The zero-order valence-electron chi connectivity index (χ0n) is 45.9. The lowest BCUT2D eigenvalue weighted by atomic mass is 10.0. The summed E-state index contributed by atoms with van der Waals surface area (Å²) in [6.07, 6.45) is 0. The first-order valence-electron chi connectivity index (χ1n) is 27.2. The van der Waals surface area contributed by atoms with E-state index >= 15 is 0 Å². The summed E-state index contributed by atoms with van der Waals surface area (Å²) >= 11 is 0. The quantitative estimate of drug-likeness (QED) is 0.165. The summed E-state index contributed by atoms with van der Waals surface area (Å²) in [6.45, 7) is 9.68. The molecule has 0 bridgehead atoms. The SMILES string of the molecule is [2H]c1c([2H])c([2H])c2c(oc3c2c([2H])c([2H])c2c4c([2H])c([2H])c([2H])c([2H])c4n(-c4c(-n5c6ccccc6c6ccccc65)c(C#N)c(-n5c6ccccc6c6ccccc65)c([N+]#[C-])c4-n4c5ccccc5c5ccccc54)c32)c1[2H]. The van der Waals surface area contributed by atoms with E-state index in [2.05, 4.69) is 10.9 Å². The Hall–Kier alpha value is -9.82. The molecular formula is C62H34N6O. The van der Waals surface area contributed by atoms with E-state index in [0.717, 1.165) is 32.3 Å². The summed E-state index contributed by atoms with van der Waals surface area (Å²) in [7, 11) is 0. The Morgan fingerprint density at radius 1 is 0.406 bits per heavy atom. The van der Waals surface area contributed by atoms with Crippen LogP contribution in [-0.2, 0) is 0 Å². The molecule has 0 saturated heterocycles. The lowest BCUT2D eigenvalue weighted by Gasteiger charge is -2.27. The Bertz CT molecular complexity index is 5120. The van der Waals surface area contributed by atoms with Crippen molar-refractivity contribution in [1.82, 2.24) is 18.3 Å².